The Kier molecular flexibility index (Phi) is 6.90. The molecule has 0 bridgehead atoms. The summed E-state index contributed by atoms with van der Waals surface area (Å²) in [5, 5.41) is 2.81. The summed E-state index contributed by atoms with van der Waals surface area (Å²) in [6, 6.07) is 20.5. The molecule has 0 aromatic heterocycles. The number of benzene rings is 3. The quantitative estimate of drug-likeness (QED) is 0.416. The highest BCUT2D eigenvalue weighted by molar-refractivity contribution is 7.99. The molecule has 1 amide bonds. The van der Waals surface area contributed by atoms with Gasteiger partial charge in [0, 0.05) is 28.4 Å². The summed E-state index contributed by atoms with van der Waals surface area (Å²) in [5.74, 6) is 0.00339. The van der Waals surface area contributed by atoms with Crippen molar-refractivity contribution in [2.45, 2.75) is 9.79 Å². The maximum absolute atomic E-state index is 12.9. The van der Waals surface area contributed by atoms with Gasteiger partial charge >= 0.3 is 0 Å². The van der Waals surface area contributed by atoms with E-state index in [4.69, 9.17) is 0 Å². The lowest BCUT2D eigenvalue weighted by Gasteiger charge is -2.09. The summed E-state index contributed by atoms with van der Waals surface area (Å²) in [4.78, 5) is 13.4. The van der Waals surface area contributed by atoms with Crippen molar-refractivity contribution in [3.8, 4) is 0 Å². The summed E-state index contributed by atoms with van der Waals surface area (Å²) in [7, 11) is -3.83. The molecule has 0 saturated carbocycles. The summed E-state index contributed by atoms with van der Waals surface area (Å²) in [6.45, 7) is 0.491. The van der Waals surface area contributed by atoms with Crippen LogP contribution in [0.25, 0.3) is 0 Å². The molecule has 0 atom stereocenters. The van der Waals surface area contributed by atoms with Crippen molar-refractivity contribution in [2.75, 3.05) is 17.0 Å². The first kappa shape index (κ1) is 20.9. The molecule has 3 rings (SSSR count). The van der Waals surface area contributed by atoms with Crippen LogP contribution in [0.3, 0.4) is 0 Å². The second-order valence-electron chi connectivity index (χ2n) is 6.05. The van der Waals surface area contributed by atoms with E-state index in [1.54, 1.807) is 11.8 Å². The van der Waals surface area contributed by atoms with Gasteiger partial charge in [-0.15, -0.1) is 11.8 Å². The molecule has 5 nitrogen and oxygen atoms in total. The number of anilines is 1. The van der Waals surface area contributed by atoms with Gasteiger partial charge in [-0.05, 0) is 60.7 Å². The van der Waals surface area contributed by atoms with E-state index in [1.807, 2.05) is 30.3 Å². The van der Waals surface area contributed by atoms with Crippen LogP contribution in [0.1, 0.15) is 10.4 Å². The largest absolute Gasteiger partial charge is 0.351 e. The van der Waals surface area contributed by atoms with E-state index in [2.05, 4.69) is 10.0 Å². The van der Waals surface area contributed by atoms with Crippen LogP contribution in [0.5, 0.6) is 0 Å². The van der Waals surface area contributed by atoms with Crippen LogP contribution in [-0.4, -0.2) is 26.6 Å². The maximum atomic E-state index is 12.9. The van der Waals surface area contributed by atoms with E-state index in [9.17, 15) is 17.6 Å². The molecule has 3 aromatic rings. The highest BCUT2D eigenvalue weighted by atomic mass is 32.2. The van der Waals surface area contributed by atoms with Gasteiger partial charge in [0.15, 0.2) is 0 Å². The van der Waals surface area contributed by atoms with Crippen LogP contribution >= 0.6 is 11.8 Å². The van der Waals surface area contributed by atoms with Gasteiger partial charge in [0.05, 0.1) is 4.90 Å². The minimum Gasteiger partial charge on any atom is -0.351 e. The Labute approximate surface area is 173 Å². The molecule has 0 fully saturated rings. The van der Waals surface area contributed by atoms with E-state index in [-0.39, 0.29) is 16.5 Å². The van der Waals surface area contributed by atoms with Gasteiger partial charge in [-0.25, -0.2) is 12.8 Å². The lowest BCUT2D eigenvalue weighted by molar-refractivity contribution is 0.0956. The van der Waals surface area contributed by atoms with Crippen molar-refractivity contribution >= 4 is 33.4 Å². The van der Waals surface area contributed by atoms with Gasteiger partial charge in [-0.3, -0.25) is 9.52 Å². The van der Waals surface area contributed by atoms with Crippen molar-refractivity contribution in [2.24, 2.45) is 0 Å². The van der Waals surface area contributed by atoms with Crippen LogP contribution in [0.4, 0.5) is 10.1 Å². The third-order valence-electron chi connectivity index (χ3n) is 3.92. The molecule has 29 heavy (non-hydrogen) atoms. The minimum atomic E-state index is -3.83. The molecule has 0 aliphatic heterocycles. The number of hydrogen-bond donors (Lipinski definition) is 2. The molecule has 0 spiro atoms. The van der Waals surface area contributed by atoms with Crippen LogP contribution in [0, 0.1) is 5.82 Å². The number of carbonyl (C=O) groups excluding carboxylic acids is 1. The van der Waals surface area contributed by atoms with Gasteiger partial charge in [0.25, 0.3) is 15.9 Å². The number of sulfonamides is 1. The third kappa shape index (κ3) is 6.07. The maximum Gasteiger partial charge on any atom is 0.261 e. The predicted octanol–water partition coefficient (Wildman–Crippen LogP) is 4.15. The van der Waals surface area contributed by atoms with Crippen molar-refractivity contribution in [3.05, 3.63) is 90.2 Å². The molecule has 2 N–H and O–H groups in total. The lowest BCUT2D eigenvalue weighted by Crippen LogP contribution is -2.25. The second-order valence-corrected chi connectivity index (χ2v) is 8.90. The fraction of sp³-hybridized carbons (Fsp3) is 0.0952. The first-order valence-corrected chi connectivity index (χ1v) is 11.3. The average Bonchev–Trinajstić information content (AvgIpc) is 2.73. The number of carbonyl (C=O) groups is 1. The molecule has 150 valence electrons. The molecule has 8 heteroatoms. The van der Waals surface area contributed by atoms with E-state index in [0.29, 0.717) is 12.1 Å². The Morgan fingerprint density at radius 1 is 0.897 bits per heavy atom. The first-order chi connectivity index (χ1) is 13.9. The van der Waals surface area contributed by atoms with E-state index < -0.39 is 15.8 Å². The van der Waals surface area contributed by atoms with E-state index >= 15 is 0 Å². The van der Waals surface area contributed by atoms with Crippen LogP contribution < -0.4 is 10.0 Å². The second kappa shape index (κ2) is 9.58. The zero-order chi connectivity index (χ0) is 20.7. The van der Waals surface area contributed by atoms with Gasteiger partial charge in [0.2, 0.25) is 0 Å². The SMILES string of the molecule is O=C(NCCSc1ccccc1)c1ccc(S(=O)(=O)Nc2ccc(F)cc2)cc1. The molecule has 0 saturated heterocycles. The number of amides is 1. The van der Waals surface area contributed by atoms with Crippen molar-refractivity contribution in [3.63, 3.8) is 0 Å². The minimum absolute atomic E-state index is 0.0120. The number of nitrogens with one attached hydrogen (secondary N) is 2. The van der Waals surface area contributed by atoms with Crippen LogP contribution in [0.15, 0.2) is 88.7 Å². The number of rotatable bonds is 8. The van der Waals surface area contributed by atoms with Crippen molar-refractivity contribution < 1.29 is 17.6 Å². The molecular formula is C21H19FN2O3S2. The van der Waals surface area contributed by atoms with E-state index in [0.717, 1.165) is 10.6 Å². The topological polar surface area (TPSA) is 75.3 Å². The highest BCUT2D eigenvalue weighted by Crippen LogP contribution is 2.18. The fourth-order valence-corrected chi connectivity index (χ4v) is 4.32. The fourth-order valence-electron chi connectivity index (χ4n) is 2.47. The average molecular weight is 431 g/mol. The first-order valence-electron chi connectivity index (χ1n) is 8.78. The van der Waals surface area contributed by atoms with Crippen LogP contribution in [-0.2, 0) is 10.0 Å². The lowest BCUT2D eigenvalue weighted by atomic mass is 10.2. The number of halogens is 1. The van der Waals surface area contributed by atoms with Crippen molar-refractivity contribution in [1.82, 2.24) is 5.32 Å². The number of thioether (sulfide) groups is 1. The van der Waals surface area contributed by atoms with Crippen LogP contribution in [0.2, 0.25) is 0 Å². The predicted molar refractivity (Wildman–Crippen MR) is 113 cm³/mol. The highest BCUT2D eigenvalue weighted by Gasteiger charge is 2.15. The Morgan fingerprint density at radius 3 is 2.21 bits per heavy atom. The Balaban J connectivity index is 1.54. The smallest absolute Gasteiger partial charge is 0.261 e. The normalized spacial score (nSPS) is 11.1. The standard InChI is InChI=1S/C21H19FN2O3S2/c22-17-8-10-18(11-9-17)24-29(26,27)20-12-6-16(7-13-20)21(25)23-14-15-28-19-4-2-1-3-5-19/h1-13,24H,14-15H2,(H,23,25). The Bertz CT molecular complexity index is 1060. The van der Waals surface area contributed by atoms with E-state index in [1.165, 1.54) is 48.5 Å². The third-order valence-corrected chi connectivity index (χ3v) is 6.33. The zero-order valence-electron chi connectivity index (χ0n) is 15.3. The summed E-state index contributed by atoms with van der Waals surface area (Å²) >= 11 is 1.64. The monoisotopic (exact) mass is 430 g/mol. The Hall–Kier alpha value is -2.84. The molecule has 0 heterocycles. The molecule has 0 radical (unpaired) electrons. The van der Waals surface area contributed by atoms with Gasteiger partial charge in [-0.2, -0.15) is 0 Å². The molecule has 3 aromatic carbocycles. The van der Waals surface area contributed by atoms with Gasteiger partial charge in [0.1, 0.15) is 5.82 Å². The van der Waals surface area contributed by atoms with Gasteiger partial charge in [-0.1, -0.05) is 18.2 Å². The zero-order valence-corrected chi connectivity index (χ0v) is 17.0. The Morgan fingerprint density at radius 2 is 1.55 bits per heavy atom. The molecule has 0 unspecified atom stereocenters. The summed E-state index contributed by atoms with van der Waals surface area (Å²) in [5.41, 5.74) is 0.625. The summed E-state index contributed by atoms with van der Waals surface area (Å²) in [6.07, 6.45) is 0. The molecular weight excluding hydrogens is 411 g/mol. The van der Waals surface area contributed by atoms with Gasteiger partial charge < -0.3 is 5.32 Å². The van der Waals surface area contributed by atoms with Crippen molar-refractivity contribution in [1.29, 1.82) is 0 Å². The molecule has 0 aliphatic carbocycles. The summed E-state index contributed by atoms with van der Waals surface area (Å²) < 4.78 is 40.1. The molecule has 0 aliphatic rings. The number of hydrogen-bond acceptors (Lipinski definition) is 4.